The third-order valence-corrected chi connectivity index (χ3v) is 6.45. The van der Waals surface area contributed by atoms with Crippen LogP contribution in [-0.4, -0.2) is 22.6 Å². The Morgan fingerprint density at radius 3 is 2.19 bits per heavy atom. The van der Waals surface area contributed by atoms with Crippen LogP contribution in [-0.2, 0) is 11.2 Å². The van der Waals surface area contributed by atoms with Gasteiger partial charge >= 0.3 is 6.18 Å². The fraction of sp³-hybridized carbons (Fsp3) is 0.577. The quantitative estimate of drug-likeness (QED) is 0.388. The minimum Gasteiger partial charge on any atom is -0.287 e. The molecule has 0 saturated carbocycles. The van der Waals surface area contributed by atoms with Gasteiger partial charge in [-0.2, -0.15) is 18.2 Å². The van der Waals surface area contributed by atoms with E-state index in [1.807, 2.05) is 18.2 Å². The predicted molar refractivity (Wildman–Crippen MR) is 123 cm³/mol. The lowest BCUT2D eigenvalue weighted by atomic mass is 9.90. The zero-order valence-corrected chi connectivity index (χ0v) is 19.4. The molecule has 176 valence electrons. The number of hydrazine groups is 1. The van der Waals surface area contributed by atoms with Gasteiger partial charge in [-0.3, -0.25) is 10.2 Å². The van der Waals surface area contributed by atoms with E-state index in [1.165, 1.54) is 32.1 Å². The number of unbranched alkanes of at least 4 members (excludes halogenated alkanes) is 6. The molecule has 2 aromatic rings. The average Bonchev–Trinajstić information content (AvgIpc) is 2.99. The molecule has 0 spiro atoms. The summed E-state index contributed by atoms with van der Waals surface area (Å²) in [6, 6.07) is 8.89. The van der Waals surface area contributed by atoms with Gasteiger partial charge in [0.1, 0.15) is 0 Å². The van der Waals surface area contributed by atoms with Crippen LogP contribution in [0.25, 0.3) is 10.8 Å². The number of fused-ring (bicyclic) bond motifs is 1. The van der Waals surface area contributed by atoms with Crippen molar-refractivity contribution in [2.75, 3.05) is 0 Å². The van der Waals surface area contributed by atoms with Crippen molar-refractivity contribution in [1.82, 2.24) is 10.4 Å². The molecule has 32 heavy (non-hydrogen) atoms. The maximum Gasteiger partial charge on any atom is 0.409 e. The number of rotatable bonds is 10. The Hall–Kier alpha value is -2.08. The second-order valence-corrected chi connectivity index (χ2v) is 9.57. The second kappa shape index (κ2) is 10.2. The molecule has 1 aliphatic heterocycles. The van der Waals surface area contributed by atoms with E-state index < -0.39 is 17.8 Å². The van der Waals surface area contributed by atoms with E-state index in [9.17, 15) is 18.0 Å². The number of nitrogens with zero attached hydrogens (tertiary/aromatic N) is 1. The Labute approximate surface area is 189 Å². The van der Waals surface area contributed by atoms with Gasteiger partial charge in [-0.05, 0) is 48.6 Å². The molecule has 3 nitrogen and oxygen atoms in total. The molecule has 1 aliphatic rings. The van der Waals surface area contributed by atoms with Crippen LogP contribution in [0.15, 0.2) is 36.4 Å². The third-order valence-electron chi connectivity index (χ3n) is 6.45. The number of aryl methyl sites for hydroxylation is 1. The van der Waals surface area contributed by atoms with Gasteiger partial charge in [-0.1, -0.05) is 81.8 Å². The topological polar surface area (TPSA) is 32.3 Å². The Kier molecular flexibility index (Phi) is 7.86. The molecule has 1 heterocycles. The Morgan fingerprint density at radius 1 is 0.969 bits per heavy atom. The van der Waals surface area contributed by atoms with Gasteiger partial charge in [0.25, 0.3) is 0 Å². The number of alkyl halides is 3. The lowest BCUT2D eigenvalue weighted by molar-refractivity contribution is -0.203. The predicted octanol–water partition coefficient (Wildman–Crippen LogP) is 7.25. The van der Waals surface area contributed by atoms with Crippen LogP contribution in [0, 0.1) is 0 Å². The van der Waals surface area contributed by atoms with Crippen LogP contribution >= 0.6 is 0 Å². The number of halogens is 3. The SMILES string of the molecule is CCCCCCCCCc1ccc(C(N2NC(=O)CC2(C)C)C(F)(F)F)c2ccccc12. The van der Waals surface area contributed by atoms with E-state index in [0.29, 0.717) is 5.39 Å². The molecule has 0 bridgehead atoms. The molecule has 1 N–H and O–H groups in total. The summed E-state index contributed by atoms with van der Waals surface area (Å²) in [4.78, 5) is 12.0. The maximum atomic E-state index is 14.3. The summed E-state index contributed by atoms with van der Waals surface area (Å²) < 4.78 is 43.0. The molecular formula is C26H35F3N2O. The van der Waals surface area contributed by atoms with E-state index in [1.54, 1.807) is 32.0 Å². The lowest BCUT2D eigenvalue weighted by Crippen LogP contribution is -2.51. The number of carbonyl (C=O) groups is 1. The maximum absolute atomic E-state index is 14.3. The van der Waals surface area contributed by atoms with Gasteiger partial charge in [0.15, 0.2) is 6.04 Å². The highest BCUT2D eigenvalue weighted by Crippen LogP contribution is 2.45. The van der Waals surface area contributed by atoms with Gasteiger partial charge in [-0.25, -0.2) is 0 Å². The van der Waals surface area contributed by atoms with Crippen molar-refractivity contribution in [3.8, 4) is 0 Å². The van der Waals surface area contributed by atoms with Gasteiger partial charge in [0.05, 0.1) is 0 Å². The summed E-state index contributed by atoms with van der Waals surface area (Å²) >= 11 is 0. The van der Waals surface area contributed by atoms with Crippen molar-refractivity contribution >= 4 is 16.7 Å². The van der Waals surface area contributed by atoms with Crippen molar-refractivity contribution in [3.63, 3.8) is 0 Å². The summed E-state index contributed by atoms with van der Waals surface area (Å²) in [5.74, 6) is -0.385. The number of carbonyl (C=O) groups excluding carboxylic acids is 1. The summed E-state index contributed by atoms with van der Waals surface area (Å²) in [6.07, 6.45) is 4.77. The Morgan fingerprint density at radius 2 is 1.59 bits per heavy atom. The highest BCUT2D eigenvalue weighted by molar-refractivity contribution is 5.89. The van der Waals surface area contributed by atoms with Gasteiger partial charge in [0, 0.05) is 12.0 Å². The highest BCUT2D eigenvalue weighted by atomic mass is 19.4. The van der Waals surface area contributed by atoms with Gasteiger partial charge in [-0.15, -0.1) is 0 Å². The summed E-state index contributed by atoms with van der Waals surface area (Å²) in [7, 11) is 0. The van der Waals surface area contributed by atoms with Crippen molar-refractivity contribution < 1.29 is 18.0 Å². The number of hydrogen-bond acceptors (Lipinski definition) is 2. The zero-order valence-electron chi connectivity index (χ0n) is 19.4. The molecule has 1 atom stereocenters. The third kappa shape index (κ3) is 5.64. The van der Waals surface area contributed by atoms with E-state index >= 15 is 0 Å². The van der Waals surface area contributed by atoms with Crippen LogP contribution in [0.5, 0.6) is 0 Å². The first-order valence-electron chi connectivity index (χ1n) is 11.8. The second-order valence-electron chi connectivity index (χ2n) is 9.57. The largest absolute Gasteiger partial charge is 0.409 e. The van der Waals surface area contributed by atoms with Gasteiger partial charge < -0.3 is 0 Å². The van der Waals surface area contributed by atoms with Crippen LogP contribution in [0.4, 0.5) is 13.2 Å². The van der Waals surface area contributed by atoms with Crippen molar-refractivity contribution in [2.24, 2.45) is 0 Å². The Balaban J connectivity index is 1.87. The fourth-order valence-corrected chi connectivity index (χ4v) is 4.79. The Bertz CT molecular complexity index is 923. The molecule has 1 saturated heterocycles. The number of hydrogen-bond donors (Lipinski definition) is 1. The van der Waals surface area contributed by atoms with Crippen LogP contribution in [0.2, 0.25) is 0 Å². The normalized spacial score (nSPS) is 17.6. The molecule has 2 aromatic carbocycles. The summed E-state index contributed by atoms with van der Waals surface area (Å²) in [5, 5.41) is 2.56. The van der Waals surface area contributed by atoms with E-state index in [4.69, 9.17) is 0 Å². The van der Waals surface area contributed by atoms with Crippen molar-refractivity contribution in [1.29, 1.82) is 0 Å². The number of benzene rings is 2. The molecule has 3 rings (SSSR count). The molecule has 1 amide bonds. The monoisotopic (exact) mass is 448 g/mol. The first kappa shape index (κ1) is 24.6. The van der Waals surface area contributed by atoms with Crippen LogP contribution < -0.4 is 5.43 Å². The van der Waals surface area contributed by atoms with E-state index in [2.05, 4.69) is 12.3 Å². The first-order chi connectivity index (χ1) is 15.1. The van der Waals surface area contributed by atoms with Gasteiger partial charge in [0.2, 0.25) is 5.91 Å². The first-order valence-corrected chi connectivity index (χ1v) is 11.8. The van der Waals surface area contributed by atoms with E-state index in [-0.39, 0.29) is 17.9 Å². The summed E-state index contributed by atoms with van der Waals surface area (Å²) in [6.45, 7) is 5.54. The lowest BCUT2D eigenvalue weighted by Gasteiger charge is -2.38. The van der Waals surface area contributed by atoms with E-state index in [0.717, 1.165) is 35.2 Å². The molecule has 0 aliphatic carbocycles. The average molecular weight is 449 g/mol. The zero-order chi connectivity index (χ0) is 23.4. The van der Waals surface area contributed by atoms with Crippen LogP contribution in [0.3, 0.4) is 0 Å². The minimum absolute atomic E-state index is 0.0356. The standard InChI is InChI=1S/C26H35F3N2O/c1-4-5-6-7-8-9-10-13-19-16-17-22(21-15-12-11-14-20(19)21)24(26(27,28)29)31-25(2,3)18-23(32)30-31/h11-12,14-17,24H,4-10,13,18H2,1-3H3,(H,30,32). The van der Waals surface area contributed by atoms with Crippen molar-refractivity contribution in [2.45, 2.75) is 96.3 Å². The van der Waals surface area contributed by atoms with Crippen molar-refractivity contribution in [3.05, 3.63) is 47.5 Å². The molecule has 0 aromatic heterocycles. The molecule has 1 unspecified atom stereocenters. The molecular weight excluding hydrogens is 413 g/mol. The number of amides is 1. The fourth-order valence-electron chi connectivity index (χ4n) is 4.79. The minimum atomic E-state index is -4.53. The highest BCUT2D eigenvalue weighted by Gasteiger charge is 2.53. The molecule has 6 heteroatoms. The molecule has 1 fully saturated rings. The number of nitrogens with one attached hydrogen (secondary N) is 1. The molecule has 0 radical (unpaired) electrons. The summed E-state index contributed by atoms with van der Waals surface area (Å²) in [5.41, 5.74) is 2.80. The smallest absolute Gasteiger partial charge is 0.287 e. The van der Waals surface area contributed by atoms with Crippen LogP contribution in [0.1, 0.15) is 89.3 Å².